The molecule has 19 heavy (non-hydrogen) atoms. The number of aromatic nitrogens is 1. The zero-order valence-electron chi connectivity index (χ0n) is 10.8. The second kappa shape index (κ2) is 5.97. The molecule has 2 rings (SSSR count). The summed E-state index contributed by atoms with van der Waals surface area (Å²) in [4.78, 5) is 5.03. The molecule has 0 fully saturated rings. The Morgan fingerprint density at radius 1 is 1.21 bits per heavy atom. The molecule has 0 aliphatic rings. The molecule has 0 radical (unpaired) electrons. The number of thiophene rings is 1. The first kappa shape index (κ1) is 13.7. The van der Waals surface area contributed by atoms with Gasteiger partial charge in [0.1, 0.15) is 0 Å². The van der Waals surface area contributed by atoms with Crippen LogP contribution in [0, 0.1) is 18.6 Å². The lowest BCUT2D eigenvalue weighted by atomic mass is 10.3. The molecule has 0 bridgehead atoms. The fourth-order valence-corrected chi connectivity index (χ4v) is 2.48. The minimum Gasteiger partial charge on any atom is -0.368 e. The maximum Gasteiger partial charge on any atom is 0.168 e. The largest absolute Gasteiger partial charge is 0.368 e. The first-order valence-electron chi connectivity index (χ1n) is 5.98. The molecule has 0 aromatic carbocycles. The Hall–Kier alpha value is -1.69. The second-order valence-electron chi connectivity index (χ2n) is 4.06. The van der Waals surface area contributed by atoms with E-state index in [0.717, 1.165) is 16.5 Å². The number of pyridine rings is 1. The quantitative estimate of drug-likeness (QED) is 0.877. The Balaban J connectivity index is 2.15. The van der Waals surface area contributed by atoms with Gasteiger partial charge in [0.15, 0.2) is 23.3 Å². The molecule has 0 atom stereocenters. The summed E-state index contributed by atoms with van der Waals surface area (Å²) in [6, 6.07) is 2.84. The molecule has 2 heterocycles. The number of anilines is 2. The molecule has 0 saturated carbocycles. The molecule has 0 amide bonds. The zero-order valence-corrected chi connectivity index (χ0v) is 11.6. The maximum atomic E-state index is 13.6. The van der Waals surface area contributed by atoms with Crippen molar-refractivity contribution in [2.75, 3.05) is 17.2 Å². The Labute approximate surface area is 114 Å². The van der Waals surface area contributed by atoms with Crippen LogP contribution >= 0.6 is 11.3 Å². The summed E-state index contributed by atoms with van der Waals surface area (Å²) in [6.45, 7) is 4.82. The molecule has 0 saturated heterocycles. The molecule has 0 unspecified atom stereocenters. The molecule has 0 aliphatic carbocycles. The zero-order chi connectivity index (χ0) is 13.8. The van der Waals surface area contributed by atoms with Crippen molar-refractivity contribution in [1.82, 2.24) is 4.98 Å². The Morgan fingerprint density at radius 2 is 1.89 bits per heavy atom. The van der Waals surface area contributed by atoms with Crippen LogP contribution < -0.4 is 10.6 Å². The van der Waals surface area contributed by atoms with Gasteiger partial charge in [0.2, 0.25) is 0 Å². The average Bonchev–Trinajstić information content (AvgIpc) is 2.77. The minimum absolute atomic E-state index is 0.0603. The van der Waals surface area contributed by atoms with Gasteiger partial charge in [-0.2, -0.15) is 0 Å². The van der Waals surface area contributed by atoms with E-state index in [0.29, 0.717) is 13.1 Å². The van der Waals surface area contributed by atoms with Gasteiger partial charge >= 0.3 is 0 Å². The van der Waals surface area contributed by atoms with Crippen LogP contribution in [0.15, 0.2) is 17.5 Å². The van der Waals surface area contributed by atoms with Crippen molar-refractivity contribution in [1.29, 1.82) is 0 Å². The van der Waals surface area contributed by atoms with E-state index in [4.69, 9.17) is 0 Å². The van der Waals surface area contributed by atoms with Crippen molar-refractivity contribution >= 4 is 23.0 Å². The number of hydrogen-bond acceptors (Lipinski definition) is 4. The van der Waals surface area contributed by atoms with Gasteiger partial charge in [-0.3, -0.25) is 0 Å². The molecule has 0 spiro atoms. The molecular formula is C13H15F2N3S. The Morgan fingerprint density at radius 3 is 2.47 bits per heavy atom. The van der Waals surface area contributed by atoms with Crippen LogP contribution in [-0.2, 0) is 6.54 Å². The molecule has 0 aliphatic heterocycles. The lowest BCUT2D eigenvalue weighted by molar-refractivity contribution is 0.578. The highest BCUT2D eigenvalue weighted by Crippen LogP contribution is 2.21. The SMILES string of the molecule is CCNc1nc(NCc2sccc2C)c(F)cc1F. The predicted octanol–water partition coefficient (Wildman–Crippen LogP) is 3.77. The first-order chi connectivity index (χ1) is 9.11. The van der Waals surface area contributed by atoms with E-state index >= 15 is 0 Å². The third kappa shape index (κ3) is 3.20. The van der Waals surface area contributed by atoms with Crippen LogP contribution in [0.3, 0.4) is 0 Å². The highest BCUT2D eigenvalue weighted by molar-refractivity contribution is 7.10. The normalized spacial score (nSPS) is 10.5. The summed E-state index contributed by atoms with van der Waals surface area (Å²) in [5, 5.41) is 7.63. The lowest BCUT2D eigenvalue weighted by Crippen LogP contribution is -2.08. The van der Waals surface area contributed by atoms with E-state index in [1.165, 1.54) is 0 Å². The lowest BCUT2D eigenvalue weighted by Gasteiger charge is -2.10. The van der Waals surface area contributed by atoms with Crippen LogP contribution in [-0.4, -0.2) is 11.5 Å². The summed E-state index contributed by atoms with van der Waals surface area (Å²) in [6.07, 6.45) is 0. The summed E-state index contributed by atoms with van der Waals surface area (Å²) in [5.74, 6) is -1.25. The van der Waals surface area contributed by atoms with E-state index < -0.39 is 11.6 Å². The van der Waals surface area contributed by atoms with E-state index in [9.17, 15) is 8.78 Å². The van der Waals surface area contributed by atoms with Gasteiger partial charge in [-0.05, 0) is 30.9 Å². The highest BCUT2D eigenvalue weighted by Gasteiger charge is 2.11. The third-order valence-corrected chi connectivity index (χ3v) is 3.68. The van der Waals surface area contributed by atoms with E-state index in [1.54, 1.807) is 11.3 Å². The van der Waals surface area contributed by atoms with Crippen LogP contribution in [0.2, 0.25) is 0 Å². The van der Waals surface area contributed by atoms with Gasteiger partial charge in [-0.25, -0.2) is 13.8 Å². The molecule has 6 heteroatoms. The van der Waals surface area contributed by atoms with Crippen LogP contribution in [0.25, 0.3) is 0 Å². The number of rotatable bonds is 5. The van der Waals surface area contributed by atoms with E-state index in [-0.39, 0.29) is 11.6 Å². The molecule has 2 aromatic rings. The van der Waals surface area contributed by atoms with E-state index in [2.05, 4.69) is 15.6 Å². The monoisotopic (exact) mass is 283 g/mol. The second-order valence-corrected chi connectivity index (χ2v) is 5.06. The number of aryl methyl sites for hydroxylation is 1. The van der Waals surface area contributed by atoms with Crippen molar-refractivity contribution in [3.63, 3.8) is 0 Å². The van der Waals surface area contributed by atoms with Crippen LogP contribution in [0.4, 0.5) is 20.4 Å². The molecule has 3 nitrogen and oxygen atoms in total. The van der Waals surface area contributed by atoms with Crippen molar-refractivity contribution in [2.24, 2.45) is 0 Å². The Bertz CT molecular complexity index is 569. The summed E-state index contributed by atoms with van der Waals surface area (Å²) >= 11 is 1.59. The standard InChI is InChI=1S/C13H15F2N3S/c1-3-16-12-9(14)6-10(15)13(18-12)17-7-11-8(2)4-5-19-11/h4-6H,3,7H2,1-2H3,(H2,16,17,18). The van der Waals surface area contributed by atoms with Crippen molar-refractivity contribution in [3.05, 3.63) is 39.6 Å². The van der Waals surface area contributed by atoms with Gasteiger partial charge in [0.05, 0.1) is 6.54 Å². The molecular weight excluding hydrogens is 268 g/mol. The fourth-order valence-electron chi connectivity index (χ4n) is 1.63. The van der Waals surface area contributed by atoms with Crippen molar-refractivity contribution < 1.29 is 8.78 Å². The smallest absolute Gasteiger partial charge is 0.168 e. The average molecular weight is 283 g/mol. The predicted molar refractivity (Wildman–Crippen MR) is 74.7 cm³/mol. The third-order valence-electron chi connectivity index (χ3n) is 2.66. The van der Waals surface area contributed by atoms with E-state index in [1.807, 2.05) is 25.3 Å². The topological polar surface area (TPSA) is 37.0 Å². The van der Waals surface area contributed by atoms with Gasteiger partial charge < -0.3 is 10.6 Å². The van der Waals surface area contributed by atoms with Gasteiger partial charge in [0.25, 0.3) is 0 Å². The number of halogens is 2. The first-order valence-corrected chi connectivity index (χ1v) is 6.86. The number of nitrogens with one attached hydrogen (secondary N) is 2. The van der Waals surface area contributed by atoms with Gasteiger partial charge in [0, 0.05) is 17.5 Å². The minimum atomic E-state index is -0.687. The fraction of sp³-hybridized carbons (Fsp3) is 0.308. The Kier molecular flexibility index (Phi) is 4.31. The molecule has 102 valence electrons. The highest BCUT2D eigenvalue weighted by atomic mass is 32.1. The van der Waals surface area contributed by atoms with Gasteiger partial charge in [-0.1, -0.05) is 0 Å². The number of hydrogen-bond donors (Lipinski definition) is 2. The number of nitrogens with zero attached hydrogens (tertiary/aromatic N) is 1. The summed E-state index contributed by atoms with van der Waals surface area (Å²) in [5.41, 5.74) is 1.15. The summed E-state index contributed by atoms with van der Waals surface area (Å²) in [7, 11) is 0. The maximum absolute atomic E-state index is 13.6. The van der Waals surface area contributed by atoms with Crippen LogP contribution in [0.5, 0.6) is 0 Å². The van der Waals surface area contributed by atoms with Crippen LogP contribution in [0.1, 0.15) is 17.4 Å². The van der Waals surface area contributed by atoms with Crippen molar-refractivity contribution in [3.8, 4) is 0 Å². The molecule has 2 N–H and O–H groups in total. The van der Waals surface area contributed by atoms with Gasteiger partial charge in [-0.15, -0.1) is 11.3 Å². The summed E-state index contributed by atoms with van der Waals surface area (Å²) < 4.78 is 27.0. The van der Waals surface area contributed by atoms with Crippen molar-refractivity contribution in [2.45, 2.75) is 20.4 Å². The molecule has 2 aromatic heterocycles.